The molecule has 0 saturated heterocycles. The van der Waals surface area contributed by atoms with Gasteiger partial charge < -0.3 is 5.32 Å². The summed E-state index contributed by atoms with van der Waals surface area (Å²) >= 11 is 3.52. The highest BCUT2D eigenvalue weighted by atomic mass is 79.9. The molecule has 0 bridgehead atoms. The van der Waals surface area contributed by atoms with E-state index in [4.69, 9.17) is 0 Å². The van der Waals surface area contributed by atoms with Crippen molar-refractivity contribution in [2.75, 3.05) is 6.54 Å². The van der Waals surface area contributed by atoms with Crippen molar-refractivity contribution in [1.82, 2.24) is 5.32 Å². The van der Waals surface area contributed by atoms with E-state index in [1.54, 1.807) is 0 Å². The minimum Gasteiger partial charge on any atom is -0.314 e. The summed E-state index contributed by atoms with van der Waals surface area (Å²) in [6.07, 6.45) is 8.12. The molecule has 0 saturated carbocycles. The predicted molar refractivity (Wildman–Crippen MR) is 93.4 cm³/mol. The van der Waals surface area contributed by atoms with Gasteiger partial charge in [0.25, 0.3) is 0 Å². The van der Waals surface area contributed by atoms with Crippen molar-refractivity contribution in [2.24, 2.45) is 0 Å². The Balaban J connectivity index is 2.49. The van der Waals surface area contributed by atoms with Crippen LogP contribution in [0.1, 0.15) is 70.8 Å². The second-order valence-corrected chi connectivity index (χ2v) is 6.93. The lowest BCUT2D eigenvalue weighted by molar-refractivity contribution is 0.484. The van der Waals surface area contributed by atoms with Crippen molar-refractivity contribution in [3.05, 3.63) is 34.3 Å². The fraction of sp³-hybridized carbons (Fsp3) is 0.667. The Morgan fingerprint density at radius 1 is 1.00 bits per heavy atom. The summed E-state index contributed by atoms with van der Waals surface area (Å²) in [5, 5.41) is 3.60. The average Bonchev–Trinajstić information content (AvgIpc) is 2.43. The van der Waals surface area contributed by atoms with Crippen molar-refractivity contribution in [3.8, 4) is 0 Å². The molecule has 1 nitrogen and oxygen atoms in total. The zero-order valence-electron chi connectivity index (χ0n) is 13.3. The Labute approximate surface area is 133 Å². The molecule has 0 radical (unpaired) electrons. The van der Waals surface area contributed by atoms with E-state index in [1.165, 1.54) is 48.6 Å². The number of hydrogen-bond donors (Lipinski definition) is 1. The van der Waals surface area contributed by atoms with Crippen LogP contribution in [0.5, 0.6) is 0 Å². The molecule has 1 rings (SSSR count). The topological polar surface area (TPSA) is 12.0 Å². The Kier molecular flexibility index (Phi) is 9.21. The van der Waals surface area contributed by atoms with E-state index in [2.05, 4.69) is 66.3 Å². The number of benzene rings is 1. The minimum absolute atomic E-state index is 0.563. The Hall–Kier alpha value is -0.340. The molecule has 1 aromatic rings. The predicted octanol–water partition coefficient (Wildman–Crippen LogP) is 5.89. The quantitative estimate of drug-likeness (QED) is 0.524. The summed E-state index contributed by atoms with van der Waals surface area (Å²) in [7, 11) is 0. The third-order valence-electron chi connectivity index (χ3n) is 3.77. The highest BCUT2D eigenvalue weighted by Gasteiger charge is 2.11. The molecule has 1 aromatic carbocycles. The van der Waals surface area contributed by atoms with Crippen LogP contribution >= 0.6 is 15.9 Å². The van der Waals surface area contributed by atoms with Gasteiger partial charge in [0.15, 0.2) is 0 Å². The lowest BCUT2D eigenvalue weighted by Gasteiger charge is -2.20. The molecule has 114 valence electrons. The Morgan fingerprint density at radius 3 is 2.25 bits per heavy atom. The number of nitrogens with one attached hydrogen (secondary N) is 1. The van der Waals surface area contributed by atoms with Gasteiger partial charge in [-0.1, -0.05) is 80.9 Å². The first-order valence-corrected chi connectivity index (χ1v) is 8.91. The van der Waals surface area contributed by atoms with Crippen LogP contribution in [0.15, 0.2) is 28.7 Å². The van der Waals surface area contributed by atoms with E-state index in [1.807, 2.05) is 0 Å². The summed E-state index contributed by atoms with van der Waals surface area (Å²) in [5.74, 6) is 0.645. The first kappa shape index (κ1) is 17.7. The number of rotatable bonds is 10. The van der Waals surface area contributed by atoms with Crippen LogP contribution in [-0.4, -0.2) is 12.6 Å². The number of unbranched alkanes of at least 4 members (excludes halogenated alkanes) is 4. The summed E-state index contributed by atoms with van der Waals surface area (Å²) in [6, 6.07) is 9.42. The number of halogens is 1. The standard InChI is InChI=1S/C18H30BrN/c1-4-5-6-7-8-9-17(14-20-15(2)3)16-10-12-18(19)13-11-16/h10-13,15,17,20H,4-9,14H2,1-3H3. The zero-order valence-corrected chi connectivity index (χ0v) is 14.9. The van der Waals surface area contributed by atoms with Gasteiger partial charge in [-0.3, -0.25) is 0 Å². The maximum Gasteiger partial charge on any atom is 0.0175 e. The molecule has 0 heterocycles. The van der Waals surface area contributed by atoms with Gasteiger partial charge in [-0.2, -0.15) is 0 Å². The summed E-state index contributed by atoms with van der Waals surface area (Å²) < 4.78 is 1.17. The summed E-state index contributed by atoms with van der Waals surface area (Å²) in [4.78, 5) is 0. The van der Waals surface area contributed by atoms with Gasteiger partial charge in [0.05, 0.1) is 0 Å². The van der Waals surface area contributed by atoms with Gasteiger partial charge in [0, 0.05) is 17.1 Å². The highest BCUT2D eigenvalue weighted by molar-refractivity contribution is 9.10. The number of hydrogen-bond acceptors (Lipinski definition) is 1. The maximum atomic E-state index is 3.60. The van der Waals surface area contributed by atoms with Crippen molar-refractivity contribution >= 4 is 15.9 Å². The summed E-state index contributed by atoms with van der Waals surface area (Å²) in [5.41, 5.74) is 1.47. The third-order valence-corrected chi connectivity index (χ3v) is 4.30. The molecule has 1 atom stereocenters. The fourth-order valence-electron chi connectivity index (χ4n) is 2.49. The third kappa shape index (κ3) is 7.44. The molecule has 0 aliphatic carbocycles. The Bertz CT molecular complexity index is 345. The van der Waals surface area contributed by atoms with Gasteiger partial charge in [0.2, 0.25) is 0 Å². The van der Waals surface area contributed by atoms with Gasteiger partial charge in [0.1, 0.15) is 0 Å². The van der Waals surface area contributed by atoms with E-state index in [-0.39, 0.29) is 0 Å². The van der Waals surface area contributed by atoms with E-state index < -0.39 is 0 Å². The molecule has 1 N–H and O–H groups in total. The molecule has 0 aliphatic heterocycles. The smallest absolute Gasteiger partial charge is 0.0175 e. The van der Waals surface area contributed by atoms with Crippen LogP contribution < -0.4 is 5.32 Å². The van der Waals surface area contributed by atoms with Crippen molar-refractivity contribution in [3.63, 3.8) is 0 Å². The molecule has 0 amide bonds. The Morgan fingerprint density at radius 2 is 1.65 bits per heavy atom. The molecule has 0 fully saturated rings. The van der Waals surface area contributed by atoms with Crippen LogP contribution in [-0.2, 0) is 0 Å². The molecular weight excluding hydrogens is 310 g/mol. The highest BCUT2D eigenvalue weighted by Crippen LogP contribution is 2.24. The second-order valence-electron chi connectivity index (χ2n) is 6.01. The summed E-state index contributed by atoms with van der Waals surface area (Å²) in [6.45, 7) is 7.81. The monoisotopic (exact) mass is 339 g/mol. The maximum absolute atomic E-state index is 3.60. The van der Waals surface area contributed by atoms with Crippen LogP contribution in [0.4, 0.5) is 0 Å². The van der Waals surface area contributed by atoms with Crippen LogP contribution in [0.25, 0.3) is 0 Å². The molecule has 0 spiro atoms. The molecule has 1 unspecified atom stereocenters. The van der Waals surface area contributed by atoms with Crippen LogP contribution in [0, 0.1) is 0 Å². The molecule has 0 aliphatic rings. The first-order chi connectivity index (χ1) is 9.63. The molecule has 20 heavy (non-hydrogen) atoms. The average molecular weight is 340 g/mol. The van der Waals surface area contributed by atoms with E-state index in [0.717, 1.165) is 6.54 Å². The van der Waals surface area contributed by atoms with Crippen LogP contribution in [0.2, 0.25) is 0 Å². The van der Waals surface area contributed by atoms with E-state index in [9.17, 15) is 0 Å². The van der Waals surface area contributed by atoms with Gasteiger partial charge >= 0.3 is 0 Å². The lowest BCUT2D eigenvalue weighted by Crippen LogP contribution is -2.28. The van der Waals surface area contributed by atoms with E-state index >= 15 is 0 Å². The van der Waals surface area contributed by atoms with Crippen LogP contribution in [0.3, 0.4) is 0 Å². The molecular formula is C18H30BrN. The SMILES string of the molecule is CCCCCCCC(CNC(C)C)c1ccc(Br)cc1. The normalized spacial score (nSPS) is 12.8. The largest absolute Gasteiger partial charge is 0.314 e. The minimum atomic E-state index is 0.563. The molecule has 0 aromatic heterocycles. The van der Waals surface area contributed by atoms with Gasteiger partial charge in [-0.25, -0.2) is 0 Å². The second kappa shape index (κ2) is 10.4. The van der Waals surface area contributed by atoms with Crippen molar-refractivity contribution in [2.45, 2.75) is 71.3 Å². The van der Waals surface area contributed by atoms with Crippen molar-refractivity contribution in [1.29, 1.82) is 0 Å². The van der Waals surface area contributed by atoms with Crippen molar-refractivity contribution < 1.29 is 0 Å². The fourth-order valence-corrected chi connectivity index (χ4v) is 2.76. The molecule has 2 heteroatoms. The zero-order chi connectivity index (χ0) is 14.8. The lowest BCUT2D eigenvalue weighted by atomic mass is 9.92. The van der Waals surface area contributed by atoms with Gasteiger partial charge in [-0.05, 0) is 30.0 Å². The van der Waals surface area contributed by atoms with Gasteiger partial charge in [-0.15, -0.1) is 0 Å². The first-order valence-electron chi connectivity index (χ1n) is 8.12. The van der Waals surface area contributed by atoms with E-state index in [0.29, 0.717) is 12.0 Å².